The first-order chi connectivity index (χ1) is 16.6. The van der Waals surface area contributed by atoms with Crippen LogP contribution in [0.1, 0.15) is 85.4 Å². The van der Waals surface area contributed by atoms with E-state index < -0.39 is 35.6 Å². The van der Waals surface area contributed by atoms with Gasteiger partial charge in [0.15, 0.2) is 0 Å². The van der Waals surface area contributed by atoms with E-state index in [4.69, 9.17) is 4.74 Å². The van der Waals surface area contributed by atoms with Crippen LogP contribution in [0.15, 0.2) is 23.1 Å². The number of cyclic esters (lactones) is 1. The van der Waals surface area contributed by atoms with Crippen LogP contribution in [0.3, 0.4) is 0 Å². The maximum atomic E-state index is 13.3. The zero-order valence-corrected chi connectivity index (χ0v) is 24.2. The van der Waals surface area contributed by atoms with E-state index in [2.05, 4.69) is 37.9 Å². The SMILES string of the molecule is C/C(=C\c1csc(C)n1)[C@@H]1C[C@H](C)C(C)(C)/C=C/C[C@H](C)[C@H](O)[C@@H](C)C(=O)C(C)(C)[C@@H](O)CC(=O)O1. The van der Waals surface area contributed by atoms with Gasteiger partial charge in [0.05, 0.1) is 34.7 Å². The Hall–Kier alpha value is -1.83. The van der Waals surface area contributed by atoms with Gasteiger partial charge in [0.1, 0.15) is 11.9 Å². The molecule has 0 saturated heterocycles. The van der Waals surface area contributed by atoms with Crippen molar-refractivity contribution in [3.8, 4) is 0 Å². The van der Waals surface area contributed by atoms with Crippen molar-refractivity contribution >= 4 is 29.2 Å². The Balaban J connectivity index is 2.44. The number of nitrogens with zero attached hydrogens (tertiary/aromatic N) is 1. The topological polar surface area (TPSA) is 96.7 Å². The molecule has 1 aliphatic rings. The highest BCUT2D eigenvalue weighted by Gasteiger charge is 2.42. The van der Waals surface area contributed by atoms with Crippen molar-refractivity contribution in [1.29, 1.82) is 0 Å². The fourth-order valence-corrected chi connectivity index (χ4v) is 5.20. The average molecular weight is 520 g/mol. The van der Waals surface area contributed by atoms with Crippen molar-refractivity contribution in [2.75, 3.05) is 0 Å². The highest BCUT2D eigenvalue weighted by atomic mass is 32.1. The lowest BCUT2D eigenvalue weighted by molar-refractivity contribution is -0.155. The van der Waals surface area contributed by atoms with Gasteiger partial charge in [-0.05, 0) is 55.6 Å². The maximum absolute atomic E-state index is 13.3. The summed E-state index contributed by atoms with van der Waals surface area (Å²) in [7, 11) is 0. The third-order valence-electron chi connectivity index (χ3n) is 8.02. The van der Waals surface area contributed by atoms with E-state index in [1.54, 1.807) is 32.1 Å². The fraction of sp³-hybridized carbons (Fsp3) is 0.690. The lowest BCUT2D eigenvalue weighted by Gasteiger charge is -2.35. The normalized spacial score (nSPS) is 33.7. The monoisotopic (exact) mass is 519 g/mol. The number of Topliss-reactive ketones (excluding diaryl/α,β-unsaturated/α-hetero) is 1. The van der Waals surface area contributed by atoms with Gasteiger partial charge in [-0.25, -0.2) is 4.98 Å². The summed E-state index contributed by atoms with van der Waals surface area (Å²) in [6.07, 6.45) is 4.57. The van der Waals surface area contributed by atoms with Crippen molar-refractivity contribution in [3.05, 3.63) is 33.8 Å². The average Bonchev–Trinajstić information content (AvgIpc) is 3.20. The molecule has 0 fully saturated rings. The van der Waals surface area contributed by atoms with Crippen LogP contribution in [-0.4, -0.2) is 45.3 Å². The molecule has 0 spiro atoms. The number of ketones is 1. The molecule has 6 atom stereocenters. The third kappa shape index (κ3) is 7.59. The zero-order valence-electron chi connectivity index (χ0n) is 23.4. The molecule has 0 aromatic carbocycles. The molecule has 1 aromatic heterocycles. The van der Waals surface area contributed by atoms with E-state index in [0.717, 1.165) is 16.3 Å². The highest BCUT2D eigenvalue weighted by Crippen LogP contribution is 2.36. The first-order valence-corrected chi connectivity index (χ1v) is 13.8. The molecular formula is C29H45NO5S. The minimum atomic E-state index is -1.23. The number of carbonyl (C=O) groups excluding carboxylic acids is 2. The number of rotatable bonds is 2. The van der Waals surface area contributed by atoms with Gasteiger partial charge < -0.3 is 14.9 Å². The molecule has 0 unspecified atom stereocenters. The molecule has 202 valence electrons. The number of aliphatic hydroxyl groups excluding tert-OH is 2. The smallest absolute Gasteiger partial charge is 0.309 e. The van der Waals surface area contributed by atoms with Crippen LogP contribution >= 0.6 is 11.3 Å². The fourth-order valence-electron chi connectivity index (χ4n) is 4.63. The second kappa shape index (κ2) is 12.1. The van der Waals surface area contributed by atoms with Crippen molar-refractivity contribution in [1.82, 2.24) is 4.98 Å². The van der Waals surface area contributed by atoms with E-state index in [1.165, 1.54) is 0 Å². The van der Waals surface area contributed by atoms with Gasteiger partial charge in [-0.15, -0.1) is 11.3 Å². The van der Waals surface area contributed by atoms with Crippen LogP contribution in [0, 0.1) is 35.5 Å². The Morgan fingerprint density at radius 2 is 1.81 bits per heavy atom. The molecule has 6 nitrogen and oxygen atoms in total. The molecule has 0 amide bonds. The Kier molecular flexibility index (Phi) is 10.3. The predicted octanol–water partition coefficient (Wildman–Crippen LogP) is 5.76. The van der Waals surface area contributed by atoms with Gasteiger partial charge in [-0.2, -0.15) is 0 Å². The number of thiazole rings is 1. The maximum Gasteiger partial charge on any atom is 0.309 e. The Morgan fingerprint density at radius 3 is 2.39 bits per heavy atom. The number of aryl methyl sites for hydroxylation is 1. The summed E-state index contributed by atoms with van der Waals surface area (Å²) in [5.41, 5.74) is 0.321. The summed E-state index contributed by atoms with van der Waals surface area (Å²) in [6.45, 7) is 17.2. The Labute approximate surface area is 220 Å². The summed E-state index contributed by atoms with van der Waals surface area (Å²) in [5.74, 6) is -1.45. The molecule has 0 radical (unpaired) electrons. The summed E-state index contributed by atoms with van der Waals surface area (Å²) in [4.78, 5) is 30.8. The molecule has 2 rings (SSSR count). The van der Waals surface area contributed by atoms with E-state index in [0.29, 0.717) is 12.8 Å². The van der Waals surface area contributed by atoms with Crippen LogP contribution in [0.25, 0.3) is 6.08 Å². The third-order valence-corrected chi connectivity index (χ3v) is 8.82. The van der Waals surface area contributed by atoms with Gasteiger partial charge in [-0.3, -0.25) is 9.59 Å². The second-order valence-electron chi connectivity index (χ2n) is 11.8. The van der Waals surface area contributed by atoms with Crippen molar-refractivity contribution < 1.29 is 24.5 Å². The largest absolute Gasteiger partial charge is 0.458 e. The summed E-state index contributed by atoms with van der Waals surface area (Å²) in [5, 5.41) is 24.7. The van der Waals surface area contributed by atoms with Crippen LogP contribution < -0.4 is 0 Å². The van der Waals surface area contributed by atoms with Crippen molar-refractivity contribution in [2.24, 2.45) is 28.6 Å². The van der Waals surface area contributed by atoms with Gasteiger partial charge in [-0.1, -0.05) is 60.6 Å². The molecule has 7 heteroatoms. The van der Waals surface area contributed by atoms with Crippen LogP contribution in [0.2, 0.25) is 0 Å². The minimum absolute atomic E-state index is 0.128. The van der Waals surface area contributed by atoms with Crippen molar-refractivity contribution in [2.45, 2.75) is 99.9 Å². The molecule has 36 heavy (non-hydrogen) atoms. The van der Waals surface area contributed by atoms with E-state index >= 15 is 0 Å². The van der Waals surface area contributed by atoms with Crippen LogP contribution in [-0.2, 0) is 14.3 Å². The highest BCUT2D eigenvalue weighted by molar-refractivity contribution is 7.09. The van der Waals surface area contributed by atoms with Gasteiger partial charge in [0.25, 0.3) is 0 Å². The van der Waals surface area contributed by atoms with E-state index in [1.807, 2.05) is 32.2 Å². The number of allylic oxidation sites excluding steroid dienone is 2. The van der Waals surface area contributed by atoms with Crippen LogP contribution in [0.4, 0.5) is 0 Å². The quantitative estimate of drug-likeness (QED) is 0.381. The summed E-state index contributed by atoms with van der Waals surface area (Å²) < 4.78 is 5.94. The standard InChI is InChI=1S/C29H45NO5S/c1-17-11-10-12-28(6,7)19(3)14-23(18(2)13-22-16-36-21(5)30-22)35-25(32)15-24(31)29(8,9)27(34)20(4)26(17)33/h10,12-13,16-17,19-20,23-24,26,31,33H,11,14-15H2,1-9H3/b12-10+,18-13+/t17-,19-,20+,23-,24-,26-/m0/s1. The first kappa shape index (κ1) is 30.4. The summed E-state index contributed by atoms with van der Waals surface area (Å²) >= 11 is 1.57. The zero-order chi connectivity index (χ0) is 27.4. The molecule has 2 N–H and O–H groups in total. The van der Waals surface area contributed by atoms with Crippen molar-refractivity contribution in [3.63, 3.8) is 0 Å². The van der Waals surface area contributed by atoms with E-state index in [-0.39, 0.29) is 29.5 Å². The van der Waals surface area contributed by atoms with Gasteiger partial charge in [0, 0.05) is 11.3 Å². The van der Waals surface area contributed by atoms with Gasteiger partial charge >= 0.3 is 5.97 Å². The molecule has 0 bridgehead atoms. The lowest BCUT2D eigenvalue weighted by atomic mass is 9.72. The number of aromatic nitrogens is 1. The number of hydrogen-bond acceptors (Lipinski definition) is 7. The lowest BCUT2D eigenvalue weighted by Crippen LogP contribution is -2.45. The minimum Gasteiger partial charge on any atom is -0.458 e. The molecular weight excluding hydrogens is 474 g/mol. The first-order valence-electron chi connectivity index (χ1n) is 12.9. The number of ether oxygens (including phenoxy) is 1. The van der Waals surface area contributed by atoms with Gasteiger partial charge in [0.2, 0.25) is 0 Å². The number of esters is 1. The Morgan fingerprint density at radius 1 is 1.17 bits per heavy atom. The molecule has 1 aromatic rings. The second-order valence-corrected chi connectivity index (χ2v) is 12.9. The number of aliphatic hydroxyl groups is 2. The number of carbonyl (C=O) groups is 2. The van der Waals surface area contributed by atoms with Crippen LogP contribution in [0.5, 0.6) is 0 Å². The summed E-state index contributed by atoms with van der Waals surface area (Å²) in [6, 6.07) is 0. The molecule has 0 saturated carbocycles. The van der Waals surface area contributed by atoms with E-state index in [9.17, 15) is 19.8 Å². The number of hydrogen-bond donors (Lipinski definition) is 2. The molecule has 2 heterocycles. The molecule has 0 aliphatic carbocycles. The predicted molar refractivity (Wildman–Crippen MR) is 145 cm³/mol. The Bertz CT molecular complexity index is 976. The molecule has 1 aliphatic heterocycles.